The molecule has 0 radical (unpaired) electrons. The van der Waals surface area contributed by atoms with E-state index in [0.717, 1.165) is 19.0 Å². The van der Waals surface area contributed by atoms with Gasteiger partial charge in [0.25, 0.3) is 0 Å². The monoisotopic (exact) mass is 247 g/mol. The number of piperidine rings is 1. The summed E-state index contributed by atoms with van der Waals surface area (Å²) >= 11 is 0. The van der Waals surface area contributed by atoms with Crippen molar-refractivity contribution in [1.29, 1.82) is 0 Å². The van der Waals surface area contributed by atoms with Crippen LogP contribution in [0.4, 0.5) is 0 Å². The molecular formula is C15H25N3. The van der Waals surface area contributed by atoms with E-state index < -0.39 is 0 Å². The van der Waals surface area contributed by atoms with E-state index in [1.54, 1.807) is 0 Å². The number of nitrogens with one attached hydrogen (secondary N) is 1. The lowest BCUT2D eigenvalue weighted by atomic mass is 10.1. The summed E-state index contributed by atoms with van der Waals surface area (Å²) in [7, 11) is 0. The maximum absolute atomic E-state index is 4.13. The van der Waals surface area contributed by atoms with E-state index in [0.29, 0.717) is 0 Å². The predicted octanol–water partition coefficient (Wildman–Crippen LogP) is 2.29. The summed E-state index contributed by atoms with van der Waals surface area (Å²) in [6.45, 7) is 8.19. The fraction of sp³-hybridized carbons (Fsp3) is 0.667. The first-order valence-electron chi connectivity index (χ1n) is 7.16. The maximum Gasteiger partial charge on any atom is 0.0312 e. The van der Waals surface area contributed by atoms with Crippen molar-refractivity contribution in [3.8, 4) is 0 Å². The Labute approximate surface area is 111 Å². The van der Waals surface area contributed by atoms with Crippen molar-refractivity contribution in [3.63, 3.8) is 0 Å². The molecule has 0 bridgehead atoms. The number of likely N-dealkylation sites (tertiary alicyclic amines) is 1. The number of nitrogens with zero attached hydrogens (tertiary/aromatic N) is 2. The summed E-state index contributed by atoms with van der Waals surface area (Å²) in [5, 5.41) is 3.52. The molecule has 1 aliphatic heterocycles. The molecule has 100 valence electrons. The zero-order valence-corrected chi connectivity index (χ0v) is 11.4. The van der Waals surface area contributed by atoms with Crippen LogP contribution in [0.1, 0.15) is 31.7 Å². The highest BCUT2D eigenvalue weighted by atomic mass is 15.1. The van der Waals surface area contributed by atoms with Crippen molar-refractivity contribution in [3.05, 3.63) is 30.1 Å². The Kier molecular flexibility index (Phi) is 5.62. The van der Waals surface area contributed by atoms with E-state index in [1.807, 2.05) is 18.5 Å². The van der Waals surface area contributed by atoms with Gasteiger partial charge in [0.1, 0.15) is 0 Å². The minimum atomic E-state index is 0.722. The van der Waals surface area contributed by atoms with Gasteiger partial charge >= 0.3 is 0 Å². The molecule has 1 aromatic rings. The molecule has 0 aromatic carbocycles. The molecular weight excluding hydrogens is 222 g/mol. The molecule has 0 spiro atoms. The van der Waals surface area contributed by atoms with E-state index >= 15 is 0 Å². The van der Waals surface area contributed by atoms with Gasteiger partial charge in [-0.15, -0.1) is 0 Å². The molecule has 0 aliphatic carbocycles. The standard InChI is InChI=1S/C15H25N3/c1-14(13-18-8-3-2-4-9-18)10-17-12-15-6-5-7-16-11-15/h5-7,11,14,17H,2-4,8-10,12-13H2,1H3/t14-/m1/s1. The number of pyridine rings is 1. The van der Waals surface area contributed by atoms with Crippen LogP contribution in [-0.4, -0.2) is 36.1 Å². The largest absolute Gasteiger partial charge is 0.312 e. The SMILES string of the molecule is C[C@H](CNCc1cccnc1)CN1CCCCC1. The van der Waals surface area contributed by atoms with E-state index in [9.17, 15) is 0 Å². The molecule has 1 N–H and O–H groups in total. The average molecular weight is 247 g/mol. The normalized spacial score (nSPS) is 18.7. The molecule has 1 atom stereocenters. The summed E-state index contributed by atoms with van der Waals surface area (Å²) in [6.07, 6.45) is 7.95. The number of hydrogen-bond donors (Lipinski definition) is 1. The van der Waals surface area contributed by atoms with Gasteiger partial charge in [-0.25, -0.2) is 0 Å². The van der Waals surface area contributed by atoms with Crippen LogP contribution in [0.3, 0.4) is 0 Å². The number of aromatic nitrogens is 1. The van der Waals surface area contributed by atoms with Gasteiger partial charge in [-0.3, -0.25) is 4.98 Å². The quantitative estimate of drug-likeness (QED) is 0.836. The fourth-order valence-electron chi connectivity index (χ4n) is 2.61. The van der Waals surface area contributed by atoms with Crippen LogP contribution in [-0.2, 0) is 6.54 Å². The zero-order chi connectivity index (χ0) is 12.6. The van der Waals surface area contributed by atoms with E-state index in [-0.39, 0.29) is 0 Å². The second kappa shape index (κ2) is 7.49. The lowest BCUT2D eigenvalue weighted by Gasteiger charge is -2.29. The van der Waals surface area contributed by atoms with Gasteiger partial charge in [0.2, 0.25) is 0 Å². The van der Waals surface area contributed by atoms with Gasteiger partial charge in [0, 0.05) is 25.5 Å². The van der Waals surface area contributed by atoms with E-state index in [4.69, 9.17) is 0 Å². The summed E-state index contributed by atoms with van der Waals surface area (Å²) in [4.78, 5) is 6.74. The Morgan fingerprint density at radius 1 is 1.33 bits per heavy atom. The van der Waals surface area contributed by atoms with Gasteiger partial charge in [-0.05, 0) is 50.0 Å². The van der Waals surface area contributed by atoms with Crippen LogP contribution in [0, 0.1) is 5.92 Å². The predicted molar refractivity (Wildman–Crippen MR) is 75.4 cm³/mol. The number of hydrogen-bond acceptors (Lipinski definition) is 3. The third kappa shape index (κ3) is 4.75. The minimum Gasteiger partial charge on any atom is -0.312 e. The molecule has 2 rings (SSSR count). The van der Waals surface area contributed by atoms with Gasteiger partial charge in [-0.2, -0.15) is 0 Å². The Bertz CT molecular complexity index is 320. The Morgan fingerprint density at radius 2 is 2.17 bits per heavy atom. The summed E-state index contributed by atoms with van der Waals surface area (Å²) in [5.41, 5.74) is 1.27. The van der Waals surface area contributed by atoms with Crippen LogP contribution >= 0.6 is 0 Å². The molecule has 2 heterocycles. The smallest absolute Gasteiger partial charge is 0.0312 e. The van der Waals surface area contributed by atoms with Crippen molar-refractivity contribution < 1.29 is 0 Å². The molecule has 1 aromatic heterocycles. The summed E-state index contributed by atoms with van der Waals surface area (Å²) in [5.74, 6) is 0.722. The topological polar surface area (TPSA) is 28.2 Å². The highest BCUT2D eigenvalue weighted by Crippen LogP contribution is 2.10. The van der Waals surface area contributed by atoms with Crippen molar-refractivity contribution in [2.75, 3.05) is 26.2 Å². The zero-order valence-electron chi connectivity index (χ0n) is 11.4. The van der Waals surface area contributed by atoms with Crippen LogP contribution in [0.2, 0.25) is 0 Å². The first-order valence-corrected chi connectivity index (χ1v) is 7.16. The summed E-state index contributed by atoms with van der Waals surface area (Å²) in [6, 6.07) is 4.11. The number of rotatable bonds is 6. The van der Waals surface area contributed by atoms with Crippen LogP contribution in [0.5, 0.6) is 0 Å². The molecule has 0 unspecified atom stereocenters. The fourth-order valence-corrected chi connectivity index (χ4v) is 2.61. The van der Waals surface area contributed by atoms with Gasteiger partial charge < -0.3 is 10.2 Å². The minimum absolute atomic E-state index is 0.722. The Balaban J connectivity index is 1.61. The summed E-state index contributed by atoms with van der Waals surface area (Å²) < 4.78 is 0. The van der Waals surface area contributed by atoms with Crippen molar-refractivity contribution in [2.24, 2.45) is 5.92 Å². The molecule has 3 heteroatoms. The van der Waals surface area contributed by atoms with Crippen molar-refractivity contribution >= 4 is 0 Å². The third-order valence-electron chi connectivity index (χ3n) is 3.56. The average Bonchev–Trinajstić information content (AvgIpc) is 2.41. The highest BCUT2D eigenvalue weighted by Gasteiger charge is 2.12. The second-order valence-corrected chi connectivity index (χ2v) is 5.46. The van der Waals surface area contributed by atoms with Gasteiger partial charge in [-0.1, -0.05) is 19.4 Å². The molecule has 18 heavy (non-hydrogen) atoms. The second-order valence-electron chi connectivity index (χ2n) is 5.46. The van der Waals surface area contributed by atoms with Gasteiger partial charge in [0.15, 0.2) is 0 Å². The Morgan fingerprint density at radius 3 is 2.89 bits per heavy atom. The maximum atomic E-state index is 4.13. The third-order valence-corrected chi connectivity index (χ3v) is 3.56. The lowest BCUT2D eigenvalue weighted by molar-refractivity contribution is 0.199. The van der Waals surface area contributed by atoms with Crippen molar-refractivity contribution in [2.45, 2.75) is 32.7 Å². The van der Waals surface area contributed by atoms with Crippen molar-refractivity contribution in [1.82, 2.24) is 15.2 Å². The lowest BCUT2D eigenvalue weighted by Crippen LogP contribution is -2.36. The first kappa shape index (κ1) is 13.5. The van der Waals surface area contributed by atoms with E-state index in [2.05, 4.69) is 28.2 Å². The molecule has 3 nitrogen and oxygen atoms in total. The van der Waals surface area contributed by atoms with E-state index in [1.165, 1.54) is 44.5 Å². The van der Waals surface area contributed by atoms with Gasteiger partial charge in [0.05, 0.1) is 0 Å². The Hall–Kier alpha value is -0.930. The molecule has 0 saturated carbocycles. The highest BCUT2D eigenvalue weighted by molar-refractivity contribution is 5.07. The van der Waals surface area contributed by atoms with Crippen LogP contribution in [0.15, 0.2) is 24.5 Å². The molecule has 1 aliphatic rings. The molecule has 1 saturated heterocycles. The molecule has 1 fully saturated rings. The van der Waals surface area contributed by atoms with Crippen LogP contribution in [0.25, 0.3) is 0 Å². The van der Waals surface area contributed by atoms with Crippen LogP contribution < -0.4 is 5.32 Å². The first-order chi connectivity index (χ1) is 8.84. The molecule has 0 amide bonds.